The van der Waals surface area contributed by atoms with Crippen molar-refractivity contribution in [3.63, 3.8) is 0 Å². The second kappa shape index (κ2) is 6.97. The average Bonchev–Trinajstić information content (AvgIpc) is 3.32. The van der Waals surface area contributed by atoms with Gasteiger partial charge in [0.25, 0.3) is 5.91 Å². The van der Waals surface area contributed by atoms with Gasteiger partial charge in [-0.25, -0.2) is 18.1 Å². The van der Waals surface area contributed by atoms with Crippen molar-refractivity contribution in [2.75, 3.05) is 11.5 Å². The number of aromatic nitrogens is 3. The van der Waals surface area contributed by atoms with Crippen molar-refractivity contribution in [2.45, 2.75) is 39.3 Å². The van der Waals surface area contributed by atoms with Crippen LogP contribution in [0.1, 0.15) is 41.5 Å². The van der Waals surface area contributed by atoms with Crippen LogP contribution < -0.4 is 5.32 Å². The number of nitrogens with one attached hydrogen (secondary N) is 1. The van der Waals surface area contributed by atoms with Crippen molar-refractivity contribution in [3.8, 4) is 10.6 Å². The lowest BCUT2D eigenvalue weighted by Gasteiger charge is -2.13. The first-order valence-corrected chi connectivity index (χ1v) is 11.8. The molecule has 1 aliphatic heterocycles. The minimum atomic E-state index is -3.06. The first-order chi connectivity index (χ1) is 13.2. The third kappa shape index (κ3) is 3.56. The molecule has 1 amide bonds. The number of amides is 1. The van der Waals surface area contributed by atoms with Crippen LogP contribution in [0.5, 0.6) is 0 Å². The Morgan fingerprint density at radius 1 is 1.36 bits per heavy atom. The predicted molar refractivity (Wildman–Crippen MR) is 110 cm³/mol. The Balaban J connectivity index is 1.78. The smallest absolute Gasteiger partial charge is 0.252 e. The molecular weight excluding hydrogens is 396 g/mol. The van der Waals surface area contributed by atoms with Crippen LogP contribution in [-0.4, -0.2) is 46.6 Å². The van der Waals surface area contributed by atoms with Gasteiger partial charge in [-0.3, -0.25) is 4.79 Å². The van der Waals surface area contributed by atoms with Gasteiger partial charge in [-0.05, 0) is 45.4 Å². The second-order valence-electron chi connectivity index (χ2n) is 7.46. The molecule has 4 heterocycles. The van der Waals surface area contributed by atoms with Crippen molar-refractivity contribution in [3.05, 3.63) is 34.8 Å². The van der Waals surface area contributed by atoms with Gasteiger partial charge < -0.3 is 5.32 Å². The monoisotopic (exact) mass is 418 g/mol. The Labute approximate surface area is 167 Å². The van der Waals surface area contributed by atoms with Gasteiger partial charge in [0.2, 0.25) is 0 Å². The Morgan fingerprint density at radius 3 is 2.75 bits per heavy atom. The molecule has 9 heteroatoms. The molecular formula is C19H22N4O3S2. The summed E-state index contributed by atoms with van der Waals surface area (Å²) in [6, 6.07) is 5.54. The number of nitrogens with zero attached hydrogens (tertiary/aromatic N) is 3. The lowest BCUT2D eigenvalue weighted by Crippen LogP contribution is -2.35. The zero-order chi connectivity index (χ0) is 20.1. The summed E-state index contributed by atoms with van der Waals surface area (Å²) in [5.41, 5.74) is 1.85. The molecule has 1 aliphatic rings. The summed E-state index contributed by atoms with van der Waals surface area (Å²) in [6.45, 7) is 6.05. The first-order valence-electron chi connectivity index (χ1n) is 9.20. The summed E-state index contributed by atoms with van der Waals surface area (Å²) < 4.78 is 25.2. The van der Waals surface area contributed by atoms with Crippen LogP contribution >= 0.6 is 11.3 Å². The van der Waals surface area contributed by atoms with Crippen LogP contribution in [0.4, 0.5) is 0 Å². The Kier molecular flexibility index (Phi) is 4.75. The molecule has 0 saturated carbocycles. The quantitative estimate of drug-likeness (QED) is 0.703. The molecule has 1 N–H and O–H groups in total. The van der Waals surface area contributed by atoms with Crippen molar-refractivity contribution < 1.29 is 13.2 Å². The van der Waals surface area contributed by atoms with E-state index >= 15 is 0 Å². The van der Waals surface area contributed by atoms with E-state index in [1.165, 1.54) is 0 Å². The molecule has 7 nitrogen and oxygen atoms in total. The van der Waals surface area contributed by atoms with Gasteiger partial charge in [0, 0.05) is 17.0 Å². The minimum absolute atomic E-state index is 0.00476. The van der Waals surface area contributed by atoms with E-state index in [4.69, 9.17) is 4.98 Å². The molecule has 1 atom stereocenters. The highest BCUT2D eigenvalue weighted by Gasteiger charge is 2.30. The number of carbonyl (C=O) groups excluding carboxylic acids is 1. The van der Waals surface area contributed by atoms with E-state index < -0.39 is 9.84 Å². The molecule has 0 unspecified atom stereocenters. The molecule has 28 heavy (non-hydrogen) atoms. The molecule has 0 aromatic carbocycles. The predicted octanol–water partition coefficient (Wildman–Crippen LogP) is 2.97. The third-order valence-corrected chi connectivity index (χ3v) is 7.65. The number of fused-ring (bicyclic) bond motifs is 1. The molecule has 0 aliphatic carbocycles. The van der Waals surface area contributed by atoms with Gasteiger partial charge in [0.15, 0.2) is 15.5 Å². The van der Waals surface area contributed by atoms with E-state index in [0.717, 1.165) is 15.4 Å². The van der Waals surface area contributed by atoms with E-state index in [1.54, 1.807) is 28.3 Å². The number of sulfone groups is 1. The van der Waals surface area contributed by atoms with E-state index in [1.807, 2.05) is 32.9 Å². The Morgan fingerprint density at radius 2 is 2.14 bits per heavy atom. The number of carbonyl (C=O) groups is 1. The van der Waals surface area contributed by atoms with Crippen molar-refractivity contribution in [1.29, 1.82) is 0 Å². The van der Waals surface area contributed by atoms with Crippen molar-refractivity contribution >= 4 is 38.1 Å². The lowest BCUT2D eigenvalue weighted by molar-refractivity contribution is 0.0943. The maximum Gasteiger partial charge on any atom is 0.252 e. The summed E-state index contributed by atoms with van der Waals surface area (Å²) in [4.78, 5) is 19.9. The third-order valence-electron chi connectivity index (χ3n) is 4.86. The molecule has 3 aromatic heterocycles. The molecule has 0 radical (unpaired) electrons. The van der Waals surface area contributed by atoms with Gasteiger partial charge in [-0.15, -0.1) is 11.3 Å². The maximum atomic E-state index is 13.0. The van der Waals surface area contributed by atoms with Crippen LogP contribution in [0, 0.1) is 6.92 Å². The minimum Gasteiger partial charge on any atom is -0.348 e. The maximum absolute atomic E-state index is 13.0. The zero-order valence-corrected chi connectivity index (χ0v) is 17.6. The number of thiophene rings is 1. The Hall–Kier alpha value is -2.26. The highest BCUT2D eigenvalue weighted by atomic mass is 32.2. The topological polar surface area (TPSA) is 94.0 Å². The van der Waals surface area contributed by atoms with Crippen LogP contribution in [0.15, 0.2) is 24.4 Å². The number of aryl methyl sites for hydroxylation is 1. The van der Waals surface area contributed by atoms with Crippen LogP contribution in [-0.2, 0) is 9.84 Å². The summed E-state index contributed by atoms with van der Waals surface area (Å²) in [6.07, 6.45) is 2.11. The van der Waals surface area contributed by atoms with Gasteiger partial charge in [-0.1, -0.05) is 0 Å². The van der Waals surface area contributed by atoms with E-state index in [-0.39, 0.29) is 29.5 Å². The fourth-order valence-corrected chi connectivity index (χ4v) is 5.96. The highest BCUT2D eigenvalue weighted by molar-refractivity contribution is 7.91. The zero-order valence-electron chi connectivity index (χ0n) is 16.0. The number of pyridine rings is 1. The van der Waals surface area contributed by atoms with Gasteiger partial charge in [0.1, 0.15) is 0 Å². The largest absolute Gasteiger partial charge is 0.348 e. The molecule has 1 fully saturated rings. The van der Waals surface area contributed by atoms with Crippen LogP contribution in [0.2, 0.25) is 0 Å². The van der Waals surface area contributed by atoms with Crippen molar-refractivity contribution in [2.24, 2.45) is 0 Å². The van der Waals surface area contributed by atoms with Gasteiger partial charge in [-0.2, -0.15) is 5.10 Å². The fourth-order valence-electron chi connectivity index (χ4n) is 3.45. The normalized spacial score (nSPS) is 18.8. The second-order valence-corrected chi connectivity index (χ2v) is 11.0. The summed E-state index contributed by atoms with van der Waals surface area (Å²) in [7, 11) is -3.06. The van der Waals surface area contributed by atoms with Crippen LogP contribution in [0.3, 0.4) is 0 Å². The molecule has 0 spiro atoms. The van der Waals surface area contributed by atoms with Crippen LogP contribution in [0.25, 0.3) is 21.6 Å². The number of rotatable bonds is 4. The lowest BCUT2D eigenvalue weighted by atomic mass is 10.1. The summed E-state index contributed by atoms with van der Waals surface area (Å²) >= 11 is 1.62. The molecule has 0 bridgehead atoms. The summed E-state index contributed by atoms with van der Waals surface area (Å²) in [5, 5.41) is 7.97. The summed E-state index contributed by atoms with van der Waals surface area (Å²) in [5.74, 6) is -0.170. The molecule has 4 rings (SSSR count). The van der Waals surface area contributed by atoms with Crippen molar-refractivity contribution in [1.82, 2.24) is 20.1 Å². The average molecular weight is 419 g/mol. The first kappa shape index (κ1) is 19.1. The van der Waals surface area contributed by atoms with E-state index in [0.29, 0.717) is 23.0 Å². The SMILES string of the molecule is Cc1ccc(-c2cc(C(=O)N[C@@H]3CCS(=O)(=O)C3)c3cnn(C(C)C)c3n2)s1. The standard InChI is InChI=1S/C19H22N4O3S2/c1-11(2)23-18-15(9-20-23)14(8-16(22-18)17-5-4-12(3)27-17)19(24)21-13-6-7-28(25,26)10-13/h4-5,8-9,11,13H,6-7,10H2,1-3H3,(H,21,24)/t13-/m1/s1. The molecule has 3 aromatic rings. The van der Waals surface area contributed by atoms with E-state index in [9.17, 15) is 13.2 Å². The molecule has 1 saturated heterocycles. The Bertz CT molecular complexity index is 1160. The fraction of sp³-hybridized carbons (Fsp3) is 0.421. The highest BCUT2D eigenvalue weighted by Crippen LogP contribution is 2.30. The van der Waals surface area contributed by atoms with E-state index in [2.05, 4.69) is 10.4 Å². The number of hydrogen-bond acceptors (Lipinski definition) is 6. The number of hydrogen-bond donors (Lipinski definition) is 1. The van der Waals surface area contributed by atoms with Gasteiger partial charge >= 0.3 is 0 Å². The van der Waals surface area contributed by atoms with Gasteiger partial charge in [0.05, 0.1) is 39.2 Å². The molecule has 148 valence electrons.